The van der Waals surface area contributed by atoms with Crippen molar-refractivity contribution >= 4 is 23.3 Å². The molecular formula is C5H9N3S2. The van der Waals surface area contributed by atoms with Crippen molar-refractivity contribution in [3.8, 4) is 0 Å². The smallest absolute Gasteiger partial charge is 0.169 e. The topological polar surface area (TPSA) is 51.8 Å². The number of thioether (sulfide) groups is 1. The Morgan fingerprint density at radius 3 is 3.20 bits per heavy atom. The quantitative estimate of drug-likeness (QED) is 0.696. The van der Waals surface area contributed by atoms with Crippen LogP contribution in [-0.2, 0) is 0 Å². The SMILES string of the molecule is C[C@@H](N)CSc1ncns1. The molecule has 1 aromatic heterocycles. The Balaban J connectivity index is 2.28. The van der Waals surface area contributed by atoms with Gasteiger partial charge in [0, 0.05) is 11.8 Å². The monoisotopic (exact) mass is 175 g/mol. The summed E-state index contributed by atoms with van der Waals surface area (Å²) >= 11 is 3.07. The summed E-state index contributed by atoms with van der Waals surface area (Å²) in [6.45, 7) is 1.98. The van der Waals surface area contributed by atoms with Gasteiger partial charge in [-0.3, -0.25) is 0 Å². The zero-order valence-corrected chi connectivity index (χ0v) is 7.28. The fourth-order valence-corrected chi connectivity index (χ4v) is 1.78. The van der Waals surface area contributed by atoms with Crippen molar-refractivity contribution < 1.29 is 0 Å². The van der Waals surface area contributed by atoms with Gasteiger partial charge in [-0.25, -0.2) is 4.98 Å². The van der Waals surface area contributed by atoms with Crippen molar-refractivity contribution in [1.29, 1.82) is 0 Å². The first kappa shape index (κ1) is 7.97. The molecule has 0 aliphatic carbocycles. The average Bonchev–Trinajstić information content (AvgIpc) is 2.34. The summed E-state index contributed by atoms with van der Waals surface area (Å²) in [6.07, 6.45) is 1.56. The van der Waals surface area contributed by atoms with Crippen LogP contribution >= 0.6 is 23.3 Å². The van der Waals surface area contributed by atoms with Crippen LogP contribution in [0.25, 0.3) is 0 Å². The van der Waals surface area contributed by atoms with Crippen LogP contribution in [0, 0.1) is 0 Å². The number of hydrogen-bond acceptors (Lipinski definition) is 5. The van der Waals surface area contributed by atoms with Crippen LogP contribution in [0.15, 0.2) is 10.7 Å². The molecule has 2 N–H and O–H groups in total. The lowest BCUT2D eigenvalue weighted by molar-refractivity contribution is 0.847. The summed E-state index contributed by atoms with van der Waals surface area (Å²) in [4.78, 5) is 4.00. The van der Waals surface area contributed by atoms with E-state index in [9.17, 15) is 0 Å². The second kappa shape index (κ2) is 3.90. The molecule has 0 spiro atoms. The minimum Gasteiger partial charge on any atom is -0.327 e. The van der Waals surface area contributed by atoms with Gasteiger partial charge < -0.3 is 5.73 Å². The molecule has 56 valence electrons. The molecule has 5 heteroatoms. The highest BCUT2D eigenvalue weighted by molar-refractivity contribution is 8.00. The zero-order chi connectivity index (χ0) is 7.40. The van der Waals surface area contributed by atoms with Crippen molar-refractivity contribution in [3.05, 3.63) is 6.33 Å². The molecule has 10 heavy (non-hydrogen) atoms. The van der Waals surface area contributed by atoms with Gasteiger partial charge in [0.15, 0.2) is 4.34 Å². The predicted octanol–water partition coefficient (Wildman–Crippen LogP) is 0.977. The van der Waals surface area contributed by atoms with E-state index in [0.29, 0.717) is 0 Å². The van der Waals surface area contributed by atoms with E-state index in [4.69, 9.17) is 5.73 Å². The van der Waals surface area contributed by atoms with Crippen molar-refractivity contribution in [3.63, 3.8) is 0 Å². The van der Waals surface area contributed by atoms with Gasteiger partial charge in [0.1, 0.15) is 6.33 Å². The van der Waals surface area contributed by atoms with Crippen LogP contribution in [0.4, 0.5) is 0 Å². The first-order valence-corrected chi connectivity index (χ1v) is 4.70. The van der Waals surface area contributed by atoms with E-state index in [1.165, 1.54) is 11.5 Å². The molecule has 0 amide bonds. The van der Waals surface area contributed by atoms with Gasteiger partial charge in [-0.15, -0.1) is 0 Å². The predicted molar refractivity (Wildman–Crippen MR) is 44.3 cm³/mol. The van der Waals surface area contributed by atoms with Crippen molar-refractivity contribution in [2.45, 2.75) is 17.3 Å². The highest BCUT2D eigenvalue weighted by Crippen LogP contribution is 2.17. The number of nitrogens with zero attached hydrogens (tertiary/aromatic N) is 2. The normalized spacial score (nSPS) is 13.4. The van der Waals surface area contributed by atoms with Gasteiger partial charge in [-0.05, 0) is 18.5 Å². The third-order valence-electron chi connectivity index (χ3n) is 0.811. The molecule has 1 aromatic rings. The van der Waals surface area contributed by atoms with Crippen LogP contribution in [-0.4, -0.2) is 21.2 Å². The van der Waals surface area contributed by atoms with Gasteiger partial charge in [-0.2, -0.15) is 4.37 Å². The second-order valence-corrected chi connectivity index (χ2v) is 4.04. The van der Waals surface area contributed by atoms with Gasteiger partial charge in [0.25, 0.3) is 0 Å². The second-order valence-electron chi connectivity index (χ2n) is 2.00. The Bertz CT molecular complexity index is 173. The summed E-state index contributed by atoms with van der Waals surface area (Å²) in [5, 5.41) is 0. The summed E-state index contributed by atoms with van der Waals surface area (Å²) in [5.74, 6) is 0.912. The molecule has 0 unspecified atom stereocenters. The molecule has 0 aliphatic rings. The molecule has 0 saturated carbocycles. The van der Waals surface area contributed by atoms with E-state index in [2.05, 4.69) is 9.36 Å². The van der Waals surface area contributed by atoms with Crippen molar-refractivity contribution in [2.75, 3.05) is 5.75 Å². The Hall–Kier alpha value is -0.130. The first-order chi connectivity index (χ1) is 4.79. The van der Waals surface area contributed by atoms with E-state index < -0.39 is 0 Å². The van der Waals surface area contributed by atoms with E-state index >= 15 is 0 Å². The molecule has 0 saturated heterocycles. The largest absolute Gasteiger partial charge is 0.327 e. The van der Waals surface area contributed by atoms with Crippen LogP contribution in [0.2, 0.25) is 0 Å². The van der Waals surface area contributed by atoms with Crippen LogP contribution in [0.5, 0.6) is 0 Å². The fraction of sp³-hybridized carbons (Fsp3) is 0.600. The van der Waals surface area contributed by atoms with Crippen molar-refractivity contribution in [2.24, 2.45) is 5.73 Å². The van der Waals surface area contributed by atoms with Crippen LogP contribution in [0.3, 0.4) is 0 Å². The number of rotatable bonds is 3. The lowest BCUT2D eigenvalue weighted by Crippen LogP contribution is -2.17. The minimum absolute atomic E-state index is 0.230. The molecule has 0 aromatic carbocycles. The number of aromatic nitrogens is 2. The third kappa shape index (κ3) is 2.64. The fourth-order valence-electron chi connectivity index (χ4n) is 0.429. The summed E-state index contributed by atoms with van der Waals surface area (Å²) in [7, 11) is 0. The van der Waals surface area contributed by atoms with Crippen molar-refractivity contribution in [1.82, 2.24) is 9.36 Å². The number of hydrogen-bond donors (Lipinski definition) is 1. The number of nitrogens with two attached hydrogens (primary N) is 1. The molecule has 1 rings (SSSR count). The molecule has 0 aliphatic heterocycles. The summed E-state index contributed by atoms with van der Waals surface area (Å²) in [5.41, 5.74) is 5.54. The zero-order valence-electron chi connectivity index (χ0n) is 5.65. The average molecular weight is 175 g/mol. The summed E-state index contributed by atoms with van der Waals surface area (Å²) in [6, 6.07) is 0.230. The maximum absolute atomic E-state index is 5.54. The van der Waals surface area contributed by atoms with E-state index in [-0.39, 0.29) is 6.04 Å². The van der Waals surface area contributed by atoms with Crippen LogP contribution < -0.4 is 5.73 Å². The Morgan fingerprint density at radius 1 is 1.90 bits per heavy atom. The Labute approximate surface area is 68.2 Å². The lowest BCUT2D eigenvalue weighted by Gasteiger charge is -1.99. The van der Waals surface area contributed by atoms with E-state index in [1.54, 1.807) is 18.1 Å². The molecule has 0 radical (unpaired) electrons. The maximum atomic E-state index is 5.54. The lowest BCUT2D eigenvalue weighted by atomic mass is 10.4. The standard InChI is InChI=1S/C5H9N3S2/c1-4(6)2-9-5-7-3-8-10-5/h3-4H,2,6H2,1H3/t4-/m1/s1. The molecular weight excluding hydrogens is 166 g/mol. The molecule has 0 bridgehead atoms. The maximum Gasteiger partial charge on any atom is 0.169 e. The Kier molecular flexibility index (Phi) is 3.11. The Morgan fingerprint density at radius 2 is 2.70 bits per heavy atom. The van der Waals surface area contributed by atoms with Gasteiger partial charge in [-0.1, -0.05) is 11.8 Å². The minimum atomic E-state index is 0.230. The van der Waals surface area contributed by atoms with Gasteiger partial charge >= 0.3 is 0 Å². The molecule has 1 atom stereocenters. The van der Waals surface area contributed by atoms with Gasteiger partial charge in [0.2, 0.25) is 0 Å². The first-order valence-electron chi connectivity index (χ1n) is 2.94. The van der Waals surface area contributed by atoms with Gasteiger partial charge in [0.05, 0.1) is 0 Å². The van der Waals surface area contributed by atoms with Crippen LogP contribution in [0.1, 0.15) is 6.92 Å². The molecule has 3 nitrogen and oxygen atoms in total. The highest BCUT2D eigenvalue weighted by Gasteiger charge is 1.98. The molecule has 0 fully saturated rings. The third-order valence-corrected chi connectivity index (χ3v) is 2.89. The molecule has 1 heterocycles. The van der Waals surface area contributed by atoms with E-state index in [1.807, 2.05) is 6.92 Å². The summed E-state index contributed by atoms with van der Waals surface area (Å²) < 4.78 is 4.87. The highest BCUT2D eigenvalue weighted by atomic mass is 32.2. The van der Waals surface area contributed by atoms with E-state index in [0.717, 1.165) is 10.1 Å².